The molecule has 62 heavy (non-hydrogen) atoms. The summed E-state index contributed by atoms with van der Waals surface area (Å²) in [6.07, 6.45) is 2.01. The number of benzene rings is 2. The summed E-state index contributed by atoms with van der Waals surface area (Å²) in [5.41, 5.74) is 16.1. The Morgan fingerprint density at radius 2 is 1.06 bits per heavy atom. The first-order valence-electron chi connectivity index (χ1n) is 21.2. The summed E-state index contributed by atoms with van der Waals surface area (Å²) < 4.78 is 49.1. The van der Waals surface area contributed by atoms with E-state index in [0.717, 1.165) is 11.1 Å². The molecule has 19 heteroatoms. The number of unbranched alkanes of at least 4 members (excludes halogenated alkanes) is 1. The number of nitrogens with one attached hydrogen (secondary N) is 3. The van der Waals surface area contributed by atoms with Crippen molar-refractivity contribution in [1.82, 2.24) is 10.6 Å². The molecule has 0 saturated heterocycles. The van der Waals surface area contributed by atoms with Crippen LogP contribution in [0.1, 0.15) is 36.8 Å². The average molecular weight is 875 g/mol. The van der Waals surface area contributed by atoms with Crippen molar-refractivity contribution in [3.63, 3.8) is 0 Å². The van der Waals surface area contributed by atoms with Crippen LogP contribution in [-0.2, 0) is 63.4 Å². The molecule has 0 bridgehead atoms. The minimum Gasteiger partial charge on any atom is -0.379 e. The molecule has 347 valence electrons. The van der Waals surface area contributed by atoms with E-state index in [1.807, 2.05) is 30.3 Å². The van der Waals surface area contributed by atoms with E-state index in [-0.39, 0.29) is 37.9 Å². The number of hydrogen-bond donors (Lipinski definition) is 4. The molecule has 19 nitrogen and oxygen atoms in total. The third kappa shape index (κ3) is 29.9. The highest BCUT2D eigenvalue weighted by Crippen LogP contribution is 2.12. The van der Waals surface area contributed by atoms with Gasteiger partial charge in [0, 0.05) is 30.0 Å². The van der Waals surface area contributed by atoms with Gasteiger partial charge in [-0.15, -0.1) is 0 Å². The monoisotopic (exact) mass is 874 g/mol. The second kappa shape index (κ2) is 38.4. The molecular formula is C43H68N7O12. The number of carbonyl (C=O) groups excluding carboxylic acids is 3. The number of ether oxygens (including phenoxy) is 9. The highest BCUT2D eigenvalue weighted by Gasteiger charge is 2.27. The van der Waals surface area contributed by atoms with Crippen LogP contribution in [0.3, 0.4) is 0 Å². The van der Waals surface area contributed by atoms with Crippen LogP contribution in [0.2, 0.25) is 0 Å². The molecule has 2 rings (SSSR count). The fourth-order valence-corrected chi connectivity index (χ4v) is 5.35. The SMILES string of the molecule is [CH2]c1ccc(NC(=O)[C@H](CCCCN)NC(=O)[C@H](Cc2ccccc2)NC(=O)CCOCCOCCOCCOCCOCCOCCOCCOCCOCCN=[N+]=[N-])cc1. The van der Waals surface area contributed by atoms with Gasteiger partial charge in [0.25, 0.3) is 0 Å². The van der Waals surface area contributed by atoms with Crippen molar-refractivity contribution in [2.45, 2.75) is 44.2 Å². The van der Waals surface area contributed by atoms with E-state index in [1.165, 1.54) is 0 Å². The molecule has 2 aromatic carbocycles. The van der Waals surface area contributed by atoms with Crippen molar-refractivity contribution >= 4 is 23.4 Å². The summed E-state index contributed by atoms with van der Waals surface area (Å²) >= 11 is 0. The second-order valence-electron chi connectivity index (χ2n) is 13.6. The van der Waals surface area contributed by atoms with Gasteiger partial charge >= 0.3 is 0 Å². The Balaban J connectivity index is 1.48. The molecule has 0 aliphatic heterocycles. The molecule has 2 aromatic rings. The zero-order valence-electron chi connectivity index (χ0n) is 36.1. The third-order valence-corrected chi connectivity index (χ3v) is 8.58. The lowest BCUT2D eigenvalue weighted by molar-refractivity contribution is -0.131. The summed E-state index contributed by atoms with van der Waals surface area (Å²) in [5, 5.41) is 11.9. The molecule has 3 amide bonds. The number of carbonyl (C=O) groups is 3. The largest absolute Gasteiger partial charge is 0.379 e. The van der Waals surface area contributed by atoms with E-state index in [9.17, 15) is 14.4 Å². The lowest BCUT2D eigenvalue weighted by Crippen LogP contribution is -2.53. The Bertz CT molecular complexity index is 1470. The molecule has 0 spiro atoms. The van der Waals surface area contributed by atoms with Gasteiger partial charge < -0.3 is 64.3 Å². The van der Waals surface area contributed by atoms with Crippen LogP contribution < -0.4 is 21.7 Å². The first-order valence-corrected chi connectivity index (χ1v) is 21.2. The molecule has 0 unspecified atom stereocenters. The van der Waals surface area contributed by atoms with Crippen LogP contribution in [0.4, 0.5) is 5.69 Å². The summed E-state index contributed by atoms with van der Waals surface area (Å²) in [7, 11) is 0. The molecular weight excluding hydrogens is 807 g/mol. The van der Waals surface area contributed by atoms with Crippen LogP contribution in [0.5, 0.6) is 0 Å². The van der Waals surface area contributed by atoms with Crippen molar-refractivity contribution in [3.8, 4) is 0 Å². The molecule has 0 heterocycles. The van der Waals surface area contributed by atoms with E-state index in [4.69, 9.17) is 53.9 Å². The number of amides is 3. The number of anilines is 1. The molecule has 0 fully saturated rings. The molecule has 0 aromatic heterocycles. The van der Waals surface area contributed by atoms with Crippen LogP contribution in [-0.4, -0.2) is 162 Å². The number of nitrogens with two attached hydrogens (primary N) is 1. The quantitative estimate of drug-likeness (QED) is 0.0325. The Morgan fingerprint density at radius 3 is 1.53 bits per heavy atom. The minimum absolute atomic E-state index is 0.0404. The van der Waals surface area contributed by atoms with Crippen LogP contribution in [0.15, 0.2) is 59.7 Å². The molecule has 0 aliphatic rings. The van der Waals surface area contributed by atoms with Crippen molar-refractivity contribution in [2.24, 2.45) is 10.8 Å². The molecule has 0 saturated carbocycles. The van der Waals surface area contributed by atoms with Gasteiger partial charge in [-0.05, 0) is 61.5 Å². The zero-order chi connectivity index (χ0) is 44.6. The lowest BCUT2D eigenvalue weighted by Gasteiger charge is -2.23. The fourth-order valence-electron chi connectivity index (χ4n) is 5.35. The van der Waals surface area contributed by atoms with Crippen molar-refractivity contribution < 1.29 is 57.0 Å². The second-order valence-corrected chi connectivity index (χ2v) is 13.6. The number of nitrogens with zero attached hydrogens (tertiary/aromatic N) is 3. The Morgan fingerprint density at radius 1 is 0.597 bits per heavy atom. The lowest BCUT2D eigenvalue weighted by atomic mass is 10.0. The number of hydrogen-bond acceptors (Lipinski definition) is 14. The van der Waals surface area contributed by atoms with Crippen LogP contribution >= 0.6 is 0 Å². The Kier molecular flexibility index (Phi) is 33.4. The van der Waals surface area contributed by atoms with Gasteiger partial charge in [-0.2, -0.15) is 0 Å². The maximum Gasteiger partial charge on any atom is 0.246 e. The van der Waals surface area contributed by atoms with Gasteiger partial charge in [-0.3, -0.25) is 14.4 Å². The molecule has 5 N–H and O–H groups in total. The van der Waals surface area contributed by atoms with Gasteiger partial charge in [-0.25, -0.2) is 0 Å². The van der Waals surface area contributed by atoms with Gasteiger partial charge in [0.1, 0.15) is 12.1 Å². The van der Waals surface area contributed by atoms with Gasteiger partial charge in [0.05, 0.1) is 119 Å². The highest BCUT2D eigenvalue weighted by atomic mass is 16.6. The smallest absolute Gasteiger partial charge is 0.246 e. The summed E-state index contributed by atoms with van der Waals surface area (Å²) in [4.78, 5) is 42.5. The predicted octanol–water partition coefficient (Wildman–Crippen LogP) is 3.00. The first-order chi connectivity index (χ1) is 30.4. The Hall–Kier alpha value is -4.24. The third-order valence-electron chi connectivity index (χ3n) is 8.58. The molecule has 0 aliphatic carbocycles. The highest BCUT2D eigenvalue weighted by molar-refractivity contribution is 5.98. The zero-order valence-corrected chi connectivity index (χ0v) is 36.1. The summed E-state index contributed by atoms with van der Waals surface area (Å²) in [6, 6.07) is 14.7. The van der Waals surface area contributed by atoms with Crippen molar-refractivity contribution in [1.29, 1.82) is 0 Å². The van der Waals surface area contributed by atoms with Crippen molar-refractivity contribution in [3.05, 3.63) is 83.1 Å². The van der Waals surface area contributed by atoms with Crippen LogP contribution in [0.25, 0.3) is 10.4 Å². The number of azide groups is 1. The average Bonchev–Trinajstić information content (AvgIpc) is 3.27. The molecule has 2 atom stereocenters. The maximum atomic E-state index is 13.6. The topological polar surface area (TPSA) is 245 Å². The van der Waals surface area contributed by atoms with Crippen molar-refractivity contribution in [2.75, 3.05) is 137 Å². The van der Waals surface area contributed by atoms with E-state index in [0.29, 0.717) is 144 Å². The fraction of sp³-hybridized carbons (Fsp3) is 0.628. The van der Waals surface area contributed by atoms with Gasteiger partial charge in [-0.1, -0.05) is 47.6 Å². The summed E-state index contributed by atoms with van der Waals surface area (Å²) in [6.45, 7) is 12.0. The molecule has 1 radical (unpaired) electrons. The number of rotatable bonds is 41. The van der Waals surface area contributed by atoms with E-state index in [2.05, 4.69) is 32.9 Å². The van der Waals surface area contributed by atoms with Gasteiger partial charge in [0.2, 0.25) is 17.7 Å². The maximum absolute atomic E-state index is 13.6. The Labute approximate surface area is 365 Å². The summed E-state index contributed by atoms with van der Waals surface area (Å²) in [5.74, 6) is -1.17. The normalized spacial score (nSPS) is 12.0. The van der Waals surface area contributed by atoms with Crippen LogP contribution in [0, 0.1) is 6.92 Å². The van der Waals surface area contributed by atoms with Gasteiger partial charge in [0.15, 0.2) is 0 Å². The minimum atomic E-state index is -0.912. The van der Waals surface area contributed by atoms with E-state index >= 15 is 0 Å². The standard InChI is InChI=1S/C43H68N7O12/c1-36-10-12-38(13-11-36)47-42(52)39(9-5-6-15-44)49-43(53)40(35-37-7-3-2-4-8-37)48-41(51)14-17-54-19-21-56-23-25-58-27-29-60-31-33-62-34-32-61-30-28-59-26-24-57-22-20-55-18-16-46-50-45/h2-4,7-8,10-13,39-40H,1,5-6,9,14-35,44H2,(H,47,52)(H,48,51)(H,49,53)/t39-,40-/m0/s1. The van der Waals surface area contributed by atoms with E-state index < -0.39 is 18.0 Å². The first kappa shape index (κ1) is 53.9. The predicted molar refractivity (Wildman–Crippen MR) is 232 cm³/mol. The van der Waals surface area contributed by atoms with E-state index in [1.54, 1.807) is 24.3 Å².